The fourth-order valence-corrected chi connectivity index (χ4v) is 5.58. The van der Waals surface area contributed by atoms with Gasteiger partial charge in [-0.3, -0.25) is 4.79 Å². The second kappa shape index (κ2) is 7.39. The van der Waals surface area contributed by atoms with Crippen LogP contribution >= 0.6 is 0 Å². The van der Waals surface area contributed by atoms with Crippen molar-refractivity contribution < 1.29 is 17.9 Å². The summed E-state index contributed by atoms with van der Waals surface area (Å²) in [5.41, 5.74) is 3.14. The molecule has 0 aliphatic carbocycles. The molecule has 0 spiro atoms. The van der Waals surface area contributed by atoms with Gasteiger partial charge in [0, 0.05) is 30.6 Å². The van der Waals surface area contributed by atoms with Crippen LogP contribution in [-0.2, 0) is 21.2 Å². The minimum absolute atomic E-state index is 0.0545. The van der Waals surface area contributed by atoms with Gasteiger partial charge in [-0.15, -0.1) is 0 Å². The van der Waals surface area contributed by atoms with E-state index in [2.05, 4.69) is 4.72 Å². The lowest BCUT2D eigenvalue weighted by Gasteiger charge is -2.38. The normalized spacial score (nSPS) is 19.7. The Labute approximate surface area is 178 Å². The van der Waals surface area contributed by atoms with Crippen LogP contribution in [0, 0.1) is 6.92 Å². The van der Waals surface area contributed by atoms with Crippen molar-refractivity contribution in [2.45, 2.75) is 63.5 Å². The van der Waals surface area contributed by atoms with Crippen LogP contribution in [0.5, 0.6) is 5.75 Å². The number of carbonyl (C=O) groups excluding carboxylic acids is 1. The number of fused-ring (bicyclic) bond motifs is 2. The molecule has 0 unspecified atom stereocenters. The minimum Gasteiger partial charge on any atom is -0.487 e. The predicted molar refractivity (Wildman–Crippen MR) is 116 cm³/mol. The van der Waals surface area contributed by atoms with Crippen molar-refractivity contribution in [3.8, 4) is 5.75 Å². The molecule has 4 rings (SSSR count). The molecule has 6 nitrogen and oxygen atoms in total. The van der Waals surface area contributed by atoms with Gasteiger partial charge in [-0.05, 0) is 62.6 Å². The maximum atomic E-state index is 13.2. The summed E-state index contributed by atoms with van der Waals surface area (Å²) in [6.07, 6.45) is 1.63. The number of nitrogens with zero attached hydrogens (tertiary/aromatic N) is 1. The smallest absolute Gasteiger partial charge is 0.241 e. The third-order valence-electron chi connectivity index (χ3n) is 5.78. The van der Waals surface area contributed by atoms with Gasteiger partial charge in [0.1, 0.15) is 11.4 Å². The van der Waals surface area contributed by atoms with Crippen molar-refractivity contribution in [1.29, 1.82) is 0 Å². The quantitative estimate of drug-likeness (QED) is 0.802. The van der Waals surface area contributed by atoms with E-state index in [1.54, 1.807) is 23.1 Å². The lowest BCUT2D eigenvalue weighted by Crippen LogP contribution is -2.41. The average Bonchev–Trinajstić information content (AvgIpc) is 3.09. The SMILES string of the molecule is CCC(=O)N1CCc2cc(S(=O)(=O)N[C@H]3CC(C)(C)Oc4cc(C)ccc43)ccc21. The van der Waals surface area contributed by atoms with E-state index in [-0.39, 0.29) is 16.8 Å². The fraction of sp³-hybridized carbons (Fsp3) is 0.435. The summed E-state index contributed by atoms with van der Waals surface area (Å²) in [7, 11) is -3.74. The van der Waals surface area contributed by atoms with Gasteiger partial charge in [-0.1, -0.05) is 19.1 Å². The number of carbonyl (C=O) groups is 1. The Morgan fingerprint density at radius 1 is 1.23 bits per heavy atom. The Morgan fingerprint density at radius 2 is 2.00 bits per heavy atom. The van der Waals surface area contributed by atoms with Gasteiger partial charge in [0.25, 0.3) is 0 Å². The molecule has 30 heavy (non-hydrogen) atoms. The molecular formula is C23H28N2O4S. The summed E-state index contributed by atoms with van der Waals surface area (Å²) in [5.74, 6) is 0.778. The van der Waals surface area contributed by atoms with Gasteiger partial charge in [0.15, 0.2) is 0 Å². The maximum Gasteiger partial charge on any atom is 0.241 e. The molecule has 2 aliphatic rings. The molecule has 2 aromatic rings. The van der Waals surface area contributed by atoms with Crippen molar-refractivity contribution in [2.24, 2.45) is 0 Å². The first-order chi connectivity index (χ1) is 14.1. The van der Waals surface area contributed by atoms with Gasteiger partial charge in [0.2, 0.25) is 15.9 Å². The molecular weight excluding hydrogens is 400 g/mol. The highest BCUT2D eigenvalue weighted by Gasteiger charge is 2.36. The lowest BCUT2D eigenvalue weighted by molar-refractivity contribution is -0.118. The molecule has 0 saturated heterocycles. The Kier molecular flexibility index (Phi) is 5.14. The van der Waals surface area contributed by atoms with Crippen LogP contribution in [0.3, 0.4) is 0 Å². The Morgan fingerprint density at radius 3 is 2.73 bits per heavy atom. The molecule has 1 atom stereocenters. The van der Waals surface area contributed by atoms with Gasteiger partial charge in [-0.25, -0.2) is 13.1 Å². The van der Waals surface area contributed by atoms with E-state index in [1.165, 1.54) is 0 Å². The van der Waals surface area contributed by atoms with Crippen LogP contribution in [0.1, 0.15) is 56.3 Å². The summed E-state index contributed by atoms with van der Waals surface area (Å²) in [6.45, 7) is 8.35. The number of benzene rings is 2. The van der Waals surface area contributed by atoms with E-state index >= 15 is 0 Å². The van der Waals surface area contributed by atoms with E-state index in [9.17, 15) is 13.2 Å². The second-order valence-corrected chi connectivity index (χ2v) is 10.4. The van der Waals surface area contributed by atoms with Crippen molar-refractivity contribution in [3.63, 3.8) is 0 Å². The first-order valence-corrected chi connectivity index (χ1v) is 11.8. The third-order valence-corrected chi connectivity index (χ3v) is 7.25. The Bertz CT molecular complexity index is 1110. The minimum atomic E-state index is -3.74. The summed E-state index contributed by atoms with van der Waals surface area (Å²) in [4.78, 5) is 14.1. The zero-order valence-corrected chi connectivity index (χ0v) is 18.7. The third kappa shape index (κ3) is 3.84. The molecule has 2 aliphatic heterocycles. The monoisotopic (exact) mass is 428 g/mol. The number of aryl methyl sites for hydroxylation is 1. The highest BCUT2D eigenvalue weighted by Crippen LogP contribution is 2.41. The van der Waals surface area contributed by atoms with Gasteiger partial charge in [-0.2, -0.15) is 0 Å². The molecule has 0 radical (unpaired) electrons. The van der Waals surface area contributed by atoms with Gasteiger partial charge in [0.05, 0.1) is 10.9 Å². The summed E-state index contributed by atoms with van der Waals surface area (Å²) >= 11 is 0. The highest BCUT2D eigenvalue weighted by atomic mass is 32.2. The van der Waals surface area contributed by atoms with Crippen molar-refractivity contribution >= 4 is 21.6 Å². The van der Waals surface area contributed by atoms with E-state index in [1.807, 2.05) is 45.9 Å². The highest BCUT2D eigenvalue weighted by molar-refractivity contribution is 7.89. The average molecular weight is 429 g/mol. The van der Waals surface area contributed by atoms with Crippen LogP contribution < -0.4 is 14.4 Å². The molecule has 1 N–H and O–H groups in total. The van der Waals surface area contributed by atoms with Crippen LogP contribution in [0.15, 0.2) is 41.3 Å². The number of hydrogen-bond acceptors (Lipinski definition) is 4. The van der Waals surface area contributed by atoms with Crippen LogP contribution in [0.25, 0.3) is 0 Å². The van der Waals surface area contributed by atoms with Gasteiger partial charge < -0.3 is 9.64 Å². The van der Waals surface area contributed by atoms with E-state index in [4.69, 9.17) is 4.74 Å². The molecule has 0 aromatic heterocycles. The summed E-state index contributed by atoms with van der Waals surface area (Å²) in [6, 6.07) is 10.5. The maximum absolute atomic E-state index is 13.2. The Hall–Kier alpha value is -2.38. The molecule has 2 heterocycles. The first kappa shape index (κ1) is 20.9. The summed E-state index contributed by atoms with van der Waals surface area (Å²) < 4.78 is 35.4. The molecule has 2 aromatic carbocycles. The van der Waals surface area contributed by atoms with Crippen LogP contribution in [0.2, 0.25) is 0 Å². The number of nitrogens with one attached hydrogen (secondary N) is 1. The number of sulfonamides is 1. The van der Waals surface area contributed by atoms with E-state index in [0.29, 0.717) is 25.8 Å². The second-order valence-electron chi connectivity index (χ2n) is 8.72. The van der Waals surface area contributed by atoms with Crippen molar-refractivity contribution in [2.75, 3.05) is 11.4 Å². The van der Waals surface area contributed by atoms with Crippen LogP contribution in [0.4, 0.5) is 5.69 Å². The zero-order valence-electron chi connectivity index (χ0n) is 17.9. The molecule has 0 fully saturated rings. The predicted octanol–water partition coefficient (Wildman–Crippen LogP) is 3.87. The lowest BCUT2D eigenvalue weighted by atomic mass is 9.90. The zero-order chi connectivity index (χ0) is 21.7. The molecule has 0 saturated carbocycles. The van der Waals surface area contributed by atoms with E-state index < -0.39 is 15.6 Å². The molecule has 160 valence electrons. The number of amides is 1. The molecule has 1 amide bonds. The first-order valence-electron chi connectivity index (χ1n) is 10.3. The number of ether oxygens (including phenoxy) is 1. The summed E-state index contributed by atoms with van der Waals surface area (Å²) in [5, 5.41) is 0. The fourth-order valence-electron chi connectivity index (χ4n) is 4.31. The number of rotatable bonds is 4. The standard InChI is InChI=1S/C23H28N2O4S/c1-5-22(26)25-11-10-16-13-17(7-9-20(16)25)30(27,28)24-19-14-23(3,4)29-21-12-15(2)6-8-18(19)21/h6-9,12-13,19,24H,5,10-11,14H2,1-4H3/t19-/m0/s1. The largest absolute Gasteiger partial charge is 0.487 e. The molecule has 0 bridgehead atoms. The van der Waals surface area contributed by atoms with Gasteiger partial charge >= 0.3 is 0 Å². The Balaban J connectivity index is 1.64. The van der Waals surface area contributed by atoms with Crippen molar-refractivity contribution in [3.05, 3.63) is 53.1 Å². The number of anilines is 1. The number of hydrogen-bond donors (Lipinski definition) is 1. The van der Waals surface area contributed by atoms with Crippen molar-refractivity contribution in [1.82, 2.24) is 4.72 Å². The van der Waals surface area contributed by atoms with Crippen LogP contribution in [-0.4, -0.2) is 26.5 Å². The topological polar surface area (TPSA) is 75.7 Å². The van der Waals surface area contributed by atoms with E-state index in [0.717, 1.165) is 28.1 Å². The molecule has 7 heteroatoms.